The van der Waals surface area contributed by atoms with E-state index in [1.807, 2.05) is 0 Å². The molecule has 0 radical (unpaired) electrons. The largest absolute Gasteiger partial charge is 0.479 e. The van der Waals surface area contributed by atoms with Gasteiger partial charge in [0.25, 0.3) is 0 Å². The van der Waals surface area contributed by atoms with Crippen molar-refractivity contribution in [1.82, 2.24) is 5.16 Å². The van der Waals surface area contributed by atoms with Gasteiger partial charge in [-0.05, 0) is 24.6 Å². The molecule has 0 bridgehead atoms. The highest BCUT2D eigenvalue weighted by Crippen LogP contribution is 2.28. The van der Waals surface area contributed by atoms with Crippen LogP contribution < -0.4 is 4.74 Å². The SMILES string of the molecule is Cc1cc(COc2cc(CO)ccc2[N+](=O)[O-])on1. The molecule has 0 fully saturated rings. The van der Waals surface area contributed by atoms with Gasteiger partial charge in [-0.1, -0.05) is 5.16 Å². The Kier molecular flexibility index (Phi) is 3.76. The predicted octanol–water partition coefficient (Wildman–Crippen LogP) is 1.96. The van der Waals surface area contributed by atoms with Crippen molar-refractivity contribution < 1.29 is 19.3 Å². The van der Waals surface area contributed by atoms with E-state index < -0.39 is 4.92 Å². The molecule has 0 aliphatic carbocycles. The van der Waals surface area contributed by atoms with Crippen molar-refractivity contribution in [3.8, 4) is 5.75 Å². The van der Waals surface area contributed by atoms with E-state index in [-0.39, 0.29) is 24.7 Å². The Morgan fingerprint density at radius 3 is 2.84 bits per heavy atom. The molecule has 0 saturated heterocycles. The van der Waals surface area contributed by atoms with Crippen molar-refractivity contribution in [3.05, 3.63) is 51.4 Å². The molecule has 1 heterocycles. The molecule has 2 aromatic rings. The fraction of sp³-hybridized carbons (Fsp3) is 0.250. The second-order valence-corrected chi connectivity index (χ2v) is 3.94. The highest BCUT2D eigenvalue weighted by atomic mass is 16.6. The van der Waals surface area contributed by atoms with Gasteiger partial charge in [-0.25, -0.2) is 0 Å². The minimum Gasteiger partial charge on any atom is -0.479 e. The molecule has 1 aromatic heterocycles. The third-order valence-electron chi connectivity index (χ3n) is 2.45. The molecule has 7 heteroatoms. The van der Waals surface area contributed by atoms with Gasteiger partial charge >= 0.3 is 5.69 Å². The third-order valence-corrected chi connectivity index (χ3v) is 2.45. The summed E-state index contributed by atoms with van der Waals surface area (Å²) >= 11 is 0. The quantitative estimate of drug-likeness (QED) is 0.654. The molecule has 7 nitrogen and oxygen atoms in total. The number of aliphatic hydroxyl groups is 1. The van der Waals surface area contributed by atoms with Gasteiger partial charge in [-0.2, -0.15) is 0 Å². The van der Waals surface area contributed by atoms with E-state index in [1.165, 1.54) is 18.2 Å². The molecule has 1 N–H and O–H groups in total. The first kappa shape index (κ1) is 13.0. The number of nitro groups is 1. The minimum atomic E-state index is -0.540. The van der Waals surface area contributed by atoms with Gasteiger partial charge in [0.15, 0.2) is 11.5 Å². The summed E-state index contributed by atoms with van der Waals surface area (Å²) in [5.74, 6) is 0.562. The summed E-state index contributed by atoms with van der Waals surface area (Å²) in [5, 5.41) is 23.6. The van der Waals surface area contributed by atoms with E-state index >= 15 is 0 Å². The lowest BCUT2D eigenvalue weighted by Gasteiger charge is -2.06. The van der Waals surface area contributed by atoms with Crippen molar-refractivity contribution in [3.63, 3.8) is 0 Å². The lowest BCUT2D eigenvalue weighted by Crippen LogP contribution is -1.99. The average Bonchev–Trinajstić information content (AvgIpc) is 2.81. The molecular weight excluding hydrogens is 252 g/mol. The van der Waals surface area contributed by atoms with Gasteiger partial charge in [0.1, 0.15) is 6.61 Å². The normalized spacial score (nSPS) is 10.4. The number of nitro benzene ring substituents is 1. The molecule has 2 rings (SSSR count). The highest BCUT2D eigenvalue weighted by molar-refractivity contribution is 5.48. The first-order valence-electron chi connectivity index (χ1n) is 5.53. The second-order valence-electron chi connectivity index (χ2n) is 3.94. The minimum absolute atomic E-state index is 0.0383. The molecule has 0 spiro atoms. The summed E-state index contributed by atoms with van der Waals surface area (Å²) in [5.41, 5.74) is 1.08. The molecule has 100 valence electrons. The fourth-order valence-corrected chi connectivity index (χ4v) is 1.56. The number of nitrogens with zero attached hydrogens (tertiary/aromatic N) is 2. The molecule has 0 aliphatic heterocycles. The van der Waals surface area contributed by atoms with Crippen LogP contribution in [0.5, 0.6) is 5.75 Å². The lowest BCUT2D eigenvalue weighted by molar-refractivity contribution is -0.386. The summed E-state index contributed by atoms with van der Waals surface area (Å²) in [6.45, 7) is 1.59. The number of aromatic nitrogens is 1. The maximum atomic E-state index is 10.9. The van der Waals surface area contributed by atoms with Crippen LogP contribution in [0.25, 0.3) is 0 Å². The number of rotatable bonds is 5. The topological polar surface area (TPSA) is 98.6 Å². The number of aliphatic hydroxyl groups excluding tert-OH is 1. The Balaban J connectivity index is 2.19. The van der Waals surface area contributed by atoms with E-state index in [4.69, 9.17) is 14.4 Å². The van der Waals surface area contributed by atoms with Crippen LogP contribution in [0.2, 0.25) is 0 Å². The van der Waals surface area contributed by atoms with E-state index in [0.717, 1.165) is 0 Å². The number of hydrogen-bond acceptors (Lipinski definition) is 6. The van der Waals surface area contributed by atoms with Crippen LogP contribution in [0.4, 0.5) is 5.69 Å². The van der Waals surface area contributed by atoms with Crippen molar-refractivity contribution >= 4 is 5.69 Å². The summed E-state index contributed by atoms with van der Waals surface area (Å²) in [6.07, 6.45) is 0. The van der Waals surface area contributed by atoms with Crippen LogP contribution in [0.3, 0.4) is 0 Å². The molecule has 0 atom stereocenters. The maximum Gasteiger partial charge on any atom is 0.310 e. The molecule has 0 unspecified atom stereocenters. The van der Waals surface area contributed by atoms with E-state index in [0.29, 0.717) is 17.0 Å². The Morgan fingerprint density at radius 1 is 1.47 bits per heavy atom. The van der Waals surface area contributed by atoms with Gasteiger partial charge in [-0.3, -0.25) is 10.1 Å². The molecular formula is C12H12N2O5. The van der Waals surface area contributed by atoms with Crippen LogP contribution in [-0.2, 0) is 13.2 Å². The summed E-state index contributed by atoms with van der Waals surface area (Å²) in [4.78, 5) is 10.3. The highest BCUT2D eigenvalue weighted by Gasteiger charge is 2.16. The van der Waals surface area contributed by atoms with Crippen molar-refractivity contribution in [2.45, 2.75) is 20.1 Å². The summed E-state index contributed by atoms with van der Waals surface area (Å²) < 4.78 is 10.3. The van der Waals surface area contributed by atoms with Crippen molar-refractivity contribution in [2.24, 2.45) is 0 Å². The Labute approximate surface area is 108 Å². The van der Waals surface area contributed by atoms with Gasteiger partial charge in [-0.15, -0.1) is 0 Å². The number of hydrogen-bond donors (Lipinski definition) is 1. The molecule has 1 aromatic carbocycles. The molecule has 19 heavy (non-hydrogen) atoms. The monoisotopic (exact) mass is 264 g/mol. The van der Waals surface area contributed by atoms with Gasteiger partial charge < -0.3 is 14.4 Å². The van der Waals surface area contributed by atoms with Crippen LogP contribution >= 0.6 is 0 Å². The summed E-state index contributed by atoms with van der Waals surface area (Å²) in [6, 6.07) is 5.89. The summed E-state index contributed by atoms with van der Waals surface area (Å²) in [7, 11) is 0. The maximum absolute atomic E-state index is 10.9. The van der Waals surface area contributed by atoms with Gasteiger partial charge in [0, 0.05) is 12.1 Å². The zero-order valence-electron chi connectivity index (χ0n) is 10.2. The zero-order valence-corrected chi connectivity index (χ0v) is 10.2. The zero-order chi connectivity index (χ0) is 13.8. The van der Waals surface area contributed by atoms with Crippen molar-refractivity contribution in [1.29, 1.82) is 0 Å². The number of aryl methyl sites for hydroxylation is 1. The van der Waals surface area contributed by atoms with Crippen LogP contribution in [0.1, 0.15) is 17.0 Å². The predicted molar refractivity (Wildman–Crippen MR) is 64.6 cm³/mol. The number of benzene rings is 1. The molecule has 0 aliphatic rings. The fourth-order valence-electron chi connectivity index (χ4n) is 1.56. The Bertz CT molecular complexity index is 594. The van der Waals surface area contributed by atoms with Crippen LogP contribution in [0, 0.1) is 17.0 Å². The smallest absolute Gasteiger partial charge is 0.310 e. The van der Waals surface area contributed by atoms with Crippen LogP contribution in [0.15, 0.2) is 28.8 Å². The van der Waals surface area contributed by atoms with E-state index in [2.05, 4.69) is 5.16 Å². The number of ether oxygens (including phenoxy) is 1. The third kappa shape index (κ3) is 3.08. The first-order chi connectivity index (χ1) is 9.10. The molecule has 0 saturated carbocycles. The Morgan fingerprint density at radius 2 is 2.26 bits per heavy atom. The van der Waals surface area contributed by atoms with Crippen molar-refractivity contribution in [2.75, 3.05) is 0 Å². The Hall–Kier alpha value is -2.41. The average molecular weight is 264 g/mol. The second kappa shape index (κ2) is 5.49. The first-order valence-corrected chi connectivity index (χ1v) is 5.53. The van der Waals surface area contributed by atoms with Gasteiger partial charge in [0.2, 0.25) is 0 Å². The van der Waals surface area contributed by atoms with E-state index in [9.17, 15) is 10.1 Å². The van der Waals surface area contributed by atoms with E-state index in [1.54, 1.807) is 13.0 Å². The molecule has 0 amide bonds. The lowest BCUT2D eigenvalue weighted by atomic mass is 10.2. The standard InChI is InChI=1S/C12H12N2O5/c1-8-4-10(19-13-8)7-18-12-5-9(6-15)2-3-11(12)14(16)17/h2-5,15H,6-7H2,1H3. The van der Waals surface area contributed by atoms with Gasteiger partial charge in [0.05, 0.1) is 17.2 Å². The van der Waals surface area contributed by atoms with Crippen LogP contribution in [-0.4, -0.2) is 15.2 Å².